The van der Waals surface area contributed by atoms with Crippen molar-refractivity contribution in [1.82, 2.24) is 15.5 Å². The summed E-state index contributed by atoms with van der Waals surface area (Å²) in [5.74, 6) is 1.30. The molecule has 1 spiro atoms. The van der Waals surface area contributed by atoms with Crippen molar-refractivity contribution < 1.29 is 17.9 Å². The van der Waals surface area contributed by atoms with Crippen molar-refractivity contribution in [3.8, 4) is 0 Å². The molecule has 4 fully saturated rings. The number of ether oxygens (including phenoxy) is 1. The average molecular weight is 374 g/mol. The van der Waals surface area contributed by atoms with Gasteiger partial charge in [-0.1, -0.05) is 6.42 Å². The van der Waals surface area contributed by atoms with E-state index in [1.165, 1.54) is 24.2 Å². The van der Waals surface area contributed by atoms with Crippen molar-refractivity contribution in [3.05, 3.63) is 0 Å². The maximum absolute atomic E-state index is 12.6. The molecule has 2 saturated heterocycles. The summed E-state index contributed by atoms with van der Waals surface area (Å²) in [6, 6.07) is 0.400. The molecule has 2 aliphatic carbocycles. The van der Waals surface area contributed by atoms with Crippen molar-refractivity contribution in [2.24, 2.45) is 16.3 Å². The Balaban J connectivity index is 1.35. The van der Waals surface area contributed by atoms with Crippen LogP contribution in [0.3, 0.4) is 0 Å². The van der Waals surface area contributed by atoms with Crippen molar-refractivity contribution in [3.63, 3.8) is 0 Å². The summed E-state index contributed by atoms with van der Waals surface area (Å²) < 4.78 is 43.7. The summed E-state index contributed by atoms with van der Waals surface area (Å²) in [5.41, 5.74) is 0.259. The molecule has 0 aromatic carbocycles. The van der Waals surface area contributed by atoms with E-state index in [9.17, 15) is 13.2 Å². The number of fused-ring (bicyclic) bond motifs is 2. The summed E-state index contributed by atoms with van der Waals surface area (Å²) in [4.78, 5) is 6.03. The lowest BCUT2D eigenvalue weighted by molar-refractivity contribution is -0.171. The standard InChI is InChI=1S/C18H29F3N4O/c1-2-22-16(23-12-4-8-25(10-12)11-18(19,20)21)24-14-13-5-9-26-15(13)17(14)6-3-7-17/h12-15H,2-11H2,1H3,(H2,22,23,24). The van der Waals surface area contributed by atoms with Crippen LogP contribution in [0.2, 0.25) is 0 Å². The van der Waals surface area contributed by atoms with E-state index >= 15 is 0 Å². The molecule has 2 aliphatic heterocycles. The summed E-state index contributed by atoms with van der Waals surface area (Å²) in [5, 5.41) is 7.01. The Morgan fingerprint density at radius 3 is 2.73 bits per heavy atom. The number of rotatable bonds is 4. The first-order chi connectivity index (χ1) is 12.4. The molecule has 0 bridgehead atoms. The van der Waals surface area contributed by atoms with Crippen molar-refractivity contribution in [2.75, 3.05) is 32.8 Å². The number of nitrogens with zero attached hydrogens (tertiary/aromatic N) is 2. The fraction of sp³-hybridized carbons (Fsp3) is 0.944. The molecular formula is C18H29F3N4O. The maximum Gasteiger partial charge on any atom is 0.401 e. The Morgan fingerprint density at radius 2 is 2.08 bits per heavy atom. The van der Waals surface area contributed by atoms with E-state index < -0.39 is 12.7 Å². The number of alkyl halides is 3. The molecule has 2 N–H and O–H groups in total. The average Bonchev–Trinajstić information content (AvgIpc) is 3.10. The highest BCUT2D eigenvalue weighted by Crippen LogP contribution is 2.62. The molecule has 4 rings (SSSR count). The second-order valence-corrected chi connectivity index (χ2v) is 8.26. The predicted octanol–water partition coefficient (Wildman–Crippen LogP) is 2.14. The van der Waals surface area contributed by atoms with Crippen molar-refractivity contribution >= 4 is 5.96 Å². The van der Waals surface area contributed by atoms with E-state index in [2.05, 4.69) is 15.6 Å². The van der Waals surface area contributed by atoms with Crippen LogP contribution in [0.5, 0.6) is 0 Å². The SMILES string of the molecule is CCN=C(NC1CCN(CC(F)(F)F)C1)NC1C2CCOC2C12CCC2. The van der Waals surface area contributed by atoms with Crippen LogP contribution in [0.1, 0.15) is 39.0 Å². The molecule has 4 unspecified atom stereocenters. The second kappa shape index (κ2) is 6.86. The lowest BCUT2D eigenvalue weighted by Crippen LogP contribution is -2.72. The van der Waals surface area contributed by atoms with Crippen LogP contribution >= 0.6 is 0 Å². The Bertz CT molecular complexity index is 549. The van der Waals surface area contributed by atoms with Gasteiger partial charge in [-0.2, -0.15) is 13.2 Å². The molecule has 0 radical (unpaired) electrons. The lowest BCUT2D eigenvalue weighted by Gasteiger charge is -2.63. The molecule has 2 heterocycles. The highest BCUT2D eigenvalue weighted by molar-refractivity contribution is 5.81. The fourth-order valence-corrected chi connectivity index (χ4v) is 5.44. The lowest BCUT2D eigenvalue weighted by atomic mass is 9.46. The minimum absolute atomic E-state index is 0.0168. The molecule has 26 heavy (non-hydrogen) atoms. The van der Waals surface area contributed by atoms with Gasteiger partial charge in [0.15, 0.2) is 5.96 Å². The van der Waals surface area contributed by atoms with E-state index in [0.717, 1.165) is 19.0 Å². The van der Waals surface area contributed by atoms with Crippen LogP contribution in [0.15, 0.2) is 4.99 Å². The Hall–Kier alpha value is -1.02. The van der Waals surface area contributed by atoms with E-state index in [0.29, 0.717) is 44.1 Å². The van der Waals surface area contributed by atoms with E-state index in [-0.39, 0.29) is 11.5 Å². The van der Waals surface area contributed by atoms with Gasteiger partial charge in [-0.3, -0.25) is 9.89 Å². The molecule has 5 nitrogen and oxygen atoms in total. The zero-order valence-corrected chi connectivity index (χ0v) is 15.3. The molecule has 8 heteroatoms. The highest BCUT2D eigenvalue weighted by Gasteiger charge is 2.66. The minimum atomic E-state index is -4.13. The highest BCUT2D eigenvalue weighted by atomic mass is 19.4. The number of hydrogen-bond acceptors (Lipinski definition) is 3. The molecule has 2 saturated carbocycles. The van der Waals surface area contributed by atoms with Crippen LogP contribution in [0.4, 0.5) is 13.2 Å². The minimum Gasteiger partial charge on any atom is -0.377 e. The predicted molar refractivity (Wildman–Crippen MR) is 93.1 cm³/mol. The van der Waals surface area contributed by atoms with Gasteiger partial charge in [-0.25, -0.2) is 0 Å². The topological polar surface area (TPSA) is 48.9 Å². The maximum atomic E-state index is 12.6. The summed E-state index contributed by atoms with van der Waals surface area (Å²) in [7, 11) is 0. The first-order valence-electron chi connectivity index (χ1n) is 9.89. The number of guanidine groups is 1. The normalized spacial score (nSPS) is 36.5. The van der Waals surface area contributed by atoms with Gasteiger partial charge < -0.3 is 15.4 Å². The number of hydrogen-bond donors (Lipinski definition) is 2. The Labute approximate surface area is 152 Å². The summed E-state index contributed by atoms with van der Waals surface area (Å²) in [6.45, 7) is 3.54. The molecule has 4 aliphatic rings. The van der Waals surface area contributed by atoms with Crippen LogP contribution in [-0.2, 0) is 4.74 Å². The monoisotopic (exact) mass is 374 g/mol. The molecule has 0 aromatic heterocycles. The third kappa shape index (κ3) is 3.30. The third-order valence-corrected chi connectivity index (χ3v) is 6.66. The fourth-order valence-electron chi connectivity index (χ4n) is 5.44. The number of likely N-dealkylation sites (tertiary alicyclic amines) is 1. The largest absolute Gasteiger partial charge is 0.401 e. The quantitative estimate of drug-likeness (QED) is 0.585. The van der Waals surface area contributed by atoms with Gasteiger partial charge in [-0.05, 0) is 32.6 Å². The smallest absolute Gasteiger partial charge is 0.377 e. The van der Waals surface area contributed by atoms with Gasteiger partial charge in [-0.15, -0.1) is 0 Å². The molecule has 0 amide bonds. The van der Waals surface area contributed by atoms with Crippen LogP contribution < -0.4 is 10.6 Å². The second-order valence-electron chi connectivity index (χ2n) is 8.26. The first-order valence-corrected chi connectivity index (χ1v) is 9.89. The number of nitrogens with one attached hydrogen (secondary N) is 2. The van der Waals surface area contributed by atoms with Gasteiger partial charge >= 0.3 is 6.18 Å². The number of aliphatic imine (C=N–C) groups is 1. The van der Waals surface area contributed by atoms with Crippen LogP contribution in [0, 0.1) is 11.3 Å². The summed E-state index contributed by atoms with van der Waals surface area (Å²) >= 11 is 0. The number of halogens is 3. The summed E-state index contributed by atoms with van der Waals surface area (Å²) in [6.07, 6.45) is 1.73. The van der Waals surface area contributed by atoms with E-state index in [1.54, 1.807) is 0 Å². The van der Waals surface area contributed by atoms with Crippen LogP contribution in [-0.4, -0.2) is 68.0 Å². The van der Waals surface area contributed by atoms with Crippen molar-refractivity contribution in [2.45, 2.75) is 63.4 Å². The van der Waals surface area contributed by atoms with Gasteiger partial charge in [0.05, 0.1) is 12.6 Å². The molecule has 148 valence electrons. The van der Waals surface area contributed by atoms with Gasteiger partial charge in [0, 0.05) is 49.7 Å². The van der Waals surface area contributed by atoms with Crippen LogP contribution in [0.25, 0.3) is 0 Å². The Kier molecular flexibility index (Phi) is 4.84. The zero-order chi connectivity index (χ0) is 18.4. The Morgan fingerprint density at radius 1 is 1.27 bits per heavy atom. The molecule has 0 aromatic rings. The third-order valence-electron chi connectivity index (χ3n) is 6.66. The van der Waals surface area contributed by atoms with Gasteiger partial charge in [0.25, 0.3) is 0 Å². The van der Waals surface area contributed by atoms with Gasteiger partial charge in [0.2, 0.25) is 0 Å². The molecular weight excluding hydrogens is 345 g/mol. The first kappa shape index (κ1) is 18.3. The van der Waals surface area contributed by atoms with Gasteiger partial charge in [0.1, 0.15) is 0 Å². The molecule has 4 atom stereocenters. The van der Waals surface area contributed by atoms with Crippen molar-refractivity contribution in [1.29, 1.82) is 0 Å². The van der Waals surface area contributed by atoms with E-state index in [4.69, 9.17) is 4.74 Å². The van der Waals surface area contributed by atoms with E-state index in [1.807, 2.05) is 6.92 Å². The zero-order valence-electron chi connectivity index (χ0n) is 15.3.